The average molecular weight is 441 g/mol. The van der Waals surface area contributed by atoms with E-state index in [0.29, 0.717) is 48.9 Å². The van der Waals surface area contributed by atoms with Crippen LogP contribution in [0.5, 0.6) is 5.75 Å². The van der Waals surface area contributed by atoms with Crippen LogP contribution in [0.25, 0.3) is 11.0 Å². The third-order valence-electron chi connectivity index (χ3n) is 5.46. The number of hydrogen-bond acceptors (Lipinski definition) is 4. The summed E-state index contributed by atoms with van der Waals surface area (Å²) in [7, 11) is 0. The first-order chi connectivity index (χ1) is 15.1. The predicted octanol–water partition coefficient (Wildman–Crippen LogP) is 3.80. The van der Waals surface area contributed by atoms with Gasteiger partial charge in [0.2, 0.25) is 5.91 Å². The molecular formula is C23H25ClN4O3. The maximum atomic E-state index is 12.8. The van der Waals surface area contributed by atoms with E-state index in [1.165, 1.54) is 0 Å². The third kappa shape index (κ3) is 5.35. The molecule has 1 aromatic heterocycles. The number of para-hydroxylation sites is 1. The number of hydrogen-bond donors (Lipinski definition) is 2. The minimum Gasteiger partial charge on any atom is -0.492 e. The standard InChI is InChI=1S/C23H25ClN4O3/c24-18-4-1-2-5-21(18)31-13-3-6-22(29)27-17-9-11-28(12-10-17)23(30)16-7-8-19-20(14-16)26-15-25-19/h1-2,4-5,7-8,14-15,17H,3,6,9-13H2,(H,25,26)(H,27,29). The highest BCUT2D eigenvalue weighted by Gasteiger charge is 2.24. The number of aromatic amines is 1. The highest BCUT2D eigenvalue weighted by molar-refractivity contribution is 6.32. The molecule has 0 aliphatic carbocycles. The summed E-state index contributed by atoms with van der Waals surface area (Å²) < 4.78 is 5.62. The van der Waals surface area contributed by atoms with Gasteiger partial charge in [0.1, 0.15) is 5.75 Å². The van der Waals surface area contributed by atoms with Crippen molar-refractivity contribution in [3.8, 4) is 5.75 Å². The first kappa shape index (κ1) is 21.2. The number of piperidine rings is 1. The molecule has 0 unspecified atom stereocenters. The number of halogens is 1. The quantitative estimate of drug-likeness (QED) is 0.547. The van der Waals surface area contributed by atoms with Crippen molar-refractivity contribution in [3.63, 3.8) is 0 Å². The molecule has 8 heteroatoms. The fourth-order valence-corrected chi connectivity index (χ4v) is 3.94. The van der Waals surface area contributed by atoms with Crippen LogP contribution in [-0.4, -0.2) is 52.4 Å². The molecule has 31 heavy (non-hydrogen) atoms. The maximum absolute atomic E-state index is 12.8. The lowest BCUT2D eigenvalue weighted by atomic mass is 10.0. The molecule has 0 radical (unpaired) electrons. The van der Waals surface area contributed by atoms with Crippen molar-refractivity contribution in [1.29, 1.82) is 0 Å². The lowest BCUT2D eigenvalue weighted by Crippen LogP contribution is -2.46. The van der Waals surface area contributed by atoms with Crippen LogP contribution in [0.3, 0.4) is 0 Å². The summed E-state index contributed by atoms with van der Waals surface area (Å²) in [5, 5.41) is 3.64. The maximum Gasteiger partial charge on any atom is 0.253 e. The van der Waals surface area contributed by atoms with Crippen molar-refractivity contribution >= 4 is 34.4 Å². The highest BCUT2D eigenvalue weighted by atomic mass is 35.5. The minimum atomic E-state index is 0.0113. The van der Waals surface area contributed by atoms with E-state index in [-0.39, 0.29) is 17.9 Å². The molecule has 1 aliphatic heterocycles. The van der Waals surface area contributed by atoms with Gasteiger partial charge in [-0.05, 0) is 49.6 Å². The Hall–Kier alpha value is -3.06. The molecule has 1 saturated heterocycles. The number of rotatable bonds is 7. The summed E-state index contributed by atoms with van der Waals surface area (Å²) in [4.78, 5) is 34.1. The summed E-state index contributed by atoms with van der Waals surface area (Å²) >= 11 is 6.05. The van der Waals surface area contributed by atoms with E-state index >= 15 is 0 Å². The Morgan fingerprint density at radius 3 is 2.81 bits per heavy atom. The van der Waals surface area contributed by atoms with Gasteiger partial charge in [-0.15, -0.1) is 0 Å². The Kier molecular flexibility index (Phi) is 6.72. The van der Waals surface area contributed by atoms with Crippen LogP contribution in [0.1, 0.15) is 36.0 Å². The number of fused-ring (bicyclic) bond motifs is 1. The van der Waals surface area contributed by atoms with Crippen LogP contribution >= 0.6 is 11.6 Å². The molecule has 0 spiro atoms. The number of aromatic nitrogens is 2. The topological polar surface area (TPSA) is 87.3 Å². The Morgan fingerprint density at radius 1 is 1.19 bits per heavy atom. The zero-order valence-corrected chi connectivity index (χ0v) is 17.9. The van der Waals surface area contributed by atoms with Gasteiger partial charge in [0.05, 0.1) is 29.0 Å². The minimum absolute atomic E-state index is 0.0113. The summed E-state index contributed by atoms with van der Waals surface area (Å²) in [6.45, 7) is 1.69. The predicted molar refractivity (Wildman–Crippen MR) is 119 cm³/mol. The van der Waals surface area contributed by atoms with Crippen LogP contribution in [0.2, 0.25) is 5.02 Å². The summed E-state index contributed by atoms with van der Waals surface area (Å²) in [6, 6.07) is 12.9. The summed E-state index contributed by atoms with van der Waals surface area (Å²) in [5.74, 6) is 0.656. The molecule has 0 bridgehead atoms. The molecule has 4 rings (SSSR count). The molecule has 0 saturated carbocycles. The normalized spacial score (nSPS) is 14.5. The molecule has 1 aliphatic rings. The first-order valence-electron chi connectivity index (χ1n) is 10.5. The molecule has 2 heterocycles. The fraction of sp³-hybridized carbons (Fsp3) is 0.348. The molecule has 7 nitrogen and oxygen atoms in total. The van der Waals surface area contributed by atoms with Gasteiger partial charge in [0.25, 0.3) is 5.91 Å². The Labute approximate surface area is 185 Å². The van der Waals surface area contributed by atoms with E-state index in [1.54, 1.807) is 12.4 Å². The molecule has 1 fully saturated rings. The van der Waals surface area contributed by atoms with Crippen LogP contribution < -0.4 is 10.1 Å². The Balaban J connectivity index is 1.17. The van der Waals surface area contributed by atoms with Gasteiger partial charge in [0, 0.05) is 31.1 Å². The van der Waals surface area contributed by atoms with Gasteiger partial charge >= 0.3 is 0 Å². The van der Waals surface area contributed by atoms with E-state index in [0.717, 1.165) is 23.9 Å². The molecule has 2 aromatic carbocycles. The zero-order valence-electron chi connectivity index (χ0n) is 17.1. The smallest absolute Gasteiger partial charge is 0.253 e. The average Bonchev–Trinajstić information content (AvgIpc) is 3.26. The zero-order chi connectivity index (χ0) is 21.6. The number of carbonyl (C=O) groups excluding carboxylic acids is 2. The van der Waals surface area contributed by atoms with Crippen molar-refractivity contribution in [3.05, 3.63) is 59.4 Å². The second kappa shape index (κ2) is 9.83. The van der Waals surface area contributed by atoms with Gasteiger partial charge in [0.15, 0.2) is 0 Å². The number of nitrogens with one attached hydrogen (secondary N) is 2. The Morgan fingerprint density at radius 2 is 2.00 bits per heavy atom. The number of ether oxygens (including phenoxy) is 1. The van der Waals surface area contributed by atoms with Crippen molar-refractivity contribution in [1.82, 2.24) is 20.2 Å². The van der Waals surface area contributed by atoms with E-state index in [2.05, 4.69) is 15.3 Å². The van der Waals surface area contributed by atoms with Crippen molar-refractivity contribution in [2.75, 3.05) is 19.7 Å². The molecule has 162 valence electrons. The number of nitrogens with zero attached hydrogens (tertiary/aromatic N) is 2. The van der Waals surface area contributed by atoms with E-state index in [9.17, 15) is 9.59 Å². The van der Waals surface area contributed by atoms with Crippen LogP contribution in [0.15, 0.2) is 48.8 Å². The number of likely N-dealkylation sites (tertiary alicyclic amines) is 1. The lowest BCUT2D eigenvalue weighted by Gasteiger charge is -2.32. The van der Waals surface area contributed by atoms with Gasteiger partial charge in [-0.25, -0.2) is 4.98 Å². The van der Waals surface area contributed by atoms with Crippen LogP contribution in [0.4, 0.5) is 0 Å². The monoisotopic (exact) mass is 440 g/mol. The van der Waals surface area contributed by atoms with E-state index in [1.807, 2.05) is 41.3 Å². The molecule has 0 atom stereocenters. The summed E-state index contributed by atoms with van der Waals surface area (Å²) in [6.07, 6.45) is 4.13. The van der Waals surface area contributed by atoms with E-state index in [4.69, 9.17) is 16.3 Å². The number of benzene rings is 2. The fourth-order valence-electron chi connectivity index (χ4n) is 3.75. The SMILES string of the molecule is O=C(CCCOc1ccccc1Cl)NC1CCN(C(=O)c2ccc3nc[nH]c3c2)CC1. The van der Waals surface area contributed by atoms with E-state index < -0.39 is 0 Å². The highest BCUT2D eigenvalue weighted by Crippen LogP contribution is 2.23. The molecule has 2 amide bonds. The number of imidazole rings is 1. The molecule has 3 aromatic rings. The van der Waals surface area contributed by atoms with Crippen LogP contribution in [0, 0.1) is 0 Å². The number of carbonyl (C=O) groups is 2. The number of amides is 2. The largest absolute Gasteiger partial charge is 0.492 e. The third-order valence-corrected chi connectivity index (χ3v) is 5.77. The second-order valence-electron chi connectivity index (χ2n) is 7.65. The molecular weight excluding hydrogens is 416 g/mol. The van der Waals surface area contributed by atoms with Gasteiger partial charge in [-0.2, -0.15) is 0 Å². The van der Waals surface area contributed by atoms with Gasteiger partial charge in [-0.1, -0.05) is 23.7 Å². The van der Waals surface area contributed by atoms with Crippen molar-refractivity contribution in [2.45, 2.75) is 31.7 Å². The van der Waals surface area contributed by atoms with Crippen LogP contribution in [-0.2, 0) is 4.79 Å². The number of H-pyrrole nitrogens is 1. The van der Waals surface area contributed by atoms with Gasteiger partial charge < -0.3 is 19.9 Å². The van der Waals surface area contributed by atoms with Gasteiger partial charge in [-0.3, -0.25) is 9.59 Å². The summed E-state index contributed by atoms with van der Waals surface area (Å²) in [5.41, 5.74) is 2.35. The first-order valence-corrected chi connectivity index (χ1v) is 10.9. The molecule has 2 N–H and O–H groups in total. The lowest BCUT2D eigenvalue weighted by molar-refractivity contribution is -0.122. The Bertz CT molecular complexity index is 1060. The van der Waals surface area contributed by atoms with Crippen molar-refractivity contribution in [2.24, 2.45) is 0 Å². The van der Waals surface area contributed by atoms with Crippen molar-refractivity contribution < 1.29 is 14.3 Å². The second-order valence-corrected chi connectivity index (χ2v) is 8.06.